The Morgan fingerprint density at radius 3 is 2.60 bits per heavy atom. The number of benzene rings is 2. The number of hydrogen-bond acceptors (Lipinski definition) is 1. The molecule has 0 aromatic heterocycles. The molecular weight excluding hydrogens is 242 g/mol. The first-order chi connectivity index (χ1) is 9.92. The normalized spacial score (nSPS) is 25.8. The van der Waals surface area contributed by atoms with Crippen molar-refractivity contribution in [3.63, 3.8) is 0 Å². The van der Waals surface area contributed by atoms with Gasteiger partial charge < -0.3 is 0 Å². The van der Waals surface area contributed by atoms with E-state index < -0.39 is 0 Å². The average Bonchev–Trinajstić information content (AvgIpc) is 2.87. The van der Waals surface area contributed by atoms with Gasteiger partial charge in [0.25, 0.3) is 0 Å². The Balaban J connectivity index is 1.80. The molecule has 1 fully saturated rings. The van der Waals surface area contributed by atoms with Crippen molar-refractivity contribution < 1.29 is 0 Å². The summed E-state index contributed by atoms with van der Waals surface area (Å²) in [4.78, 5) is 2.72. The van der Waals surface area contributed by atoms with E-state index >= 15 is 0 Å². The molecule has 2 heterocycles. The van der Waals surface area contributed by atoms with Gasteiger partial charge in [0.05, 0.1) is 0 Å². The Kier molecular flexibility index (Phi) is 3.08. The van der Waals surface area contributed by atoms with Crippen LogP contribution in [0, 0.1) is 0 Å². The second kappa shape index (κ2) is 5.06. The molecule has 1 nitrogen and oxygen atoms in total. The van der Waals surface area contributed by atoms with Gasteiger partial charge >= 0.3 is 0 Å². The van der Waals surface area contributed by atoms with E-state index in [2.05, 4.69) is 59.5 Å². The molecule has 2 atom stereocenters. The van der Waals surface area contributed by atoms with Crippen molar-refractivity contribution in [2.24, 2.45) is 0 Å². The molecule has 4 rings (SSSR count). The lowest BCUT2D eigenvalue weighted by molar-refractivity contribution is 0.254. The van der Waals surface area contributed by atoms with E-state index in [1.165, 1.54) is 37.9 Å². The van der Waals surface area contributed by atoms with E-state index in [-0.39, 0.29) is 0 Å². The van der Waals surface area contributed by atoms with Crippen molar-refractivity contribution in [2.75, 3.05) is 13.1 Å². The van der Waals surface area contributed by atoms with Gasteiger partial charge in [0, 0.05) is 18.5 Å². The molecule has 0 aliphatic carbocycles. The third kappa shape index (κ3) is 2.06. The van der Waals surface area contributed by atoms with Gasteiger partial charge in [-0.15, -0.1) is 0 Å². The van der Waals surface area contributed by atoms with Crippen LogP contribution in [0.5, 0.6) is 0 Å². The Morgan fingerprint density at radius 1 is 0.900 bits per heavy atom. The first kappa shape index (κ1) is 12.2. The summed E-state index contributed by atoms with van der Waals surface area (Å²) in [6.45, 7) is 2.47. The maximum atomic E-state index is 2.72. The second-order valence-electron chi connectivity index (χ2n) is 6.16. The van der Waals surface area contributed by atoms with Crippen LogP contribution in [0.3, 0.4) is 0 Å². The SMILES string of the molecule is c1ccc([C@@H]2CN3CCC[C@H]3Cc3ccccc32)cc1. The van der Waals surface area contributed by atoms with Gasteiger partial charge in [-0.1, -0.05) is 54.6 Å². The van der Waals surface area contributed by atoms with Crippen LogP contribution in [0.2, 0.25) is 0 Å². The zero-order chi connectivity index (χ0) is 13.4. The predicted molar refractivity (Wildman–Crippen MR) is 83.0 cm³/mol. The maximum absolute atomic E-state index is 2.72. The summed E-state index contributed by atoms with van der Waals surface area (Å²) in [6, 6.07) is 20.9. The zero-order valence-corrected chi connectivity index (χ0v) is 11.8. The Morgan fingerprint density at radius 2 is 1.70 bits per heavy atom. The van der Waals surface area contributed by atoms with Crippen LogP contribution < -0.4 is 0 Å². The number of rotatable bonds is 1. The third-order valence-electron chi connectivity index (χ3n) is 5.00. The molecule has 0 unspecified atom stereocenters. The molecule has 20 heavy (non-hydrogen) atoms. The standard InChI is InChI=1S/C19H21N/c1-2-7-15(8-3-1)19-14-20-12-6-10-17(20)13-16-9-4-5-11-18(16)19/h1-5,7-9,11,17,19H,6,10,12-14H2/t17-,19-/m0/s1. The van der Waals surface area contributed by atoms with Gasteiger partial charge in [0.2, 0.25) is 0 Å². The van der Waals surface area contributed by atoms with Crippen LogP contribution in [-0.4, -0.2) is 24.0 Å². The van der Waals surface area contributed by atoms with Crippen molar-refractivity contribution in [2.45, 2.75) is 31.2 Å². The van der Waals surface area contributed by atoms with Crippen molar-refractivity contribution in [3.8, 4) is 0 Å². The monoisotopic (exact) mass is 263 g/mol. The van der Waals surface area contributed by atoms with E-state index in [0.29, 0.717) is 5.92 Å². The lowest BCUT2D eigenvalue weighted by Crippen LogP contribution is -2.32. The molecule has 0 bridgehead atoms. The molecule has 2 aromatic carbocycles. The predicted octanol–water partition coefficient (Wildman–Crippen LogP) is 3.84. The fraction of sp³-hybridized carbons (Fsp3) is 0.368. The number of nitrogens with zero attached hydrogens (tertiary/aromatic N) is 1. The lowest BCUT2D eigenvalue weighted by atomic mass is 9.87. The average molecular weight is 263 g/mol. The summed E-state index contributed by atoms with van der Waals surface area (Å²) in [5, 5.41) is 0. The molecule has 0 spiro atoms. The molecule has 102 valence electrons. The van der Waals surface area contributed by atoms with Crippen LogP contribution in [0.4, 0.5) is 0 Å². The first-order valence-corrected chi connectivity index (χ1v) is 7.78. The van der Waals surface area contributed by atoms with Gasteiger partial charge in [-0.3, -0.25) is 4.90 Å². The minimum Gasteiger partial charge on any atom is -0.299 e. The number of hydrogen-bond donors (Lipinski definition) is 0. The third-order valence-corrected chi connectivity index (χ3v) is 5.00. The fourth-order valence-electron chi connectivity index (χ4n) is 3.98. The first-order valence-electron chi connectivity index (χ1n) is 7.78. The number of fused-ring (bicyclic) bond motifs is 2. The van der Waals surface area contributed by atoms with E-state index in [4.69, 9.17) is 0 Å². The summed E-state index contributed by atoms with van der Waals surface area (Å²) in [5.41, 5.74) is 4.58. The summed E-state index contributed by atoms with van der Waals surface area (Å²) in [5.74, 6) is 0.537. The second-order valence-corrected chi connectivity index (χ2v) is 6.16. The van der Waals surface area contributed by atoms with E-state index in [9.17, 15) is 0 Å². The van der Waals surface area contributed by atoms with Crippen LogP contribution in [0.15, 0.2) is 54.6 Å². The summed E-state index contributed by atoms with van der Waals surface area (Å²) in [7, 11) is 0. The van der Waals surface area contributed by atoms with Crippen LogP contribution in [0.25, 0.3) is 0 Å². The highest BCUT2D eigenvalue weighted by atomic mass is 15.2. The minimum absolute atomic E-state index is 0.537. The highest BCUT2D eigenvalue weighted by molar-refractivity contribution is 5.40. The van der Waals surface area contributed by atoms with Gasteiger partial charge in [-0.25, -0.2) is 0 Å². The van der Waals surface area contributed by atoms with Gasteiger partial charge in [-0.05, 0) is 42.5 Å². The Labute approximate surface area is 121 Å². The van der Waals surface area contributed by atoms with Gasteiger partial charge in [0.1, 0.15) is 0 Å². The van der Waals surface area contributed by atoms with Crippen molar-refractivity contribution in [1.82, 2.24) is 4.90 Å². The van der Waals surface area contributed by atoms with Crippen LogP contribution in [0.1, 0.15) is 35.4 Å². The van der Waals surface area contributed by atoms with Gasteiger partial charge in [0.15, 0.2) is 0 Å². The van der Waals surface area contributed by atoms with Crippen LogP contribution >= 0.6 is 0 Å². The fourth-order valence-corrected chi connectivity index (χ4v) is 3.98. The summed E-state index contributed by atoms with van der Waals surface area (Å²) < 4.78 is 0. The van der Waals surface area contributed by atoms with Crippen LogP contribution in [-0.2, 0) is 6.42 Å². The van der Waals surface area contributed by atoms with E-state index in [1.807, 2.05) is 0 Å². The molecule has 0 N–H and O–H groups in total. The molecule has 2 aliphatic rings. The highest BCUT2D eigenvalue weighted by Gasteiger charge is 2.32. The largest absolute Gasteiger partial charge is 0.299 e. The topological polar surface area (TPSA) is 3.24 Å². The van der Waals surface area contributed by atoms with E-state index in [0.717, 1.165) is 6.04 Å². The molecule has 0 saturated carbocycles. The van der Waals surface area contributed by atoms with Crippen molar-refractivity contribution >= 4 is 0 Å². The molecular formula is C19H21N. The van der Waals surface area contributed by atoms with Crippen molar-refractivity contribution in [3.05, 3.63) is 71.3 Å². The lowest BCUT2D eigenvalue weighted by Gasteiger charge is -2.25. The zero-order valence-electron chi connectivity index (χ0n) is 11.8. The highest BCUT2D eigenvalue weighted by Crippen LogP contribution is 2.35. The molecule has 1 heteroatoms. The summed E-state index contributed by atoms with van der Waals surface area (Å²) >= 11 is 0. The molecule has 0 radical (unpaired) electrons. The Bertz CT molecular complexity index is 590. The van der Waals surface area contributed by atoms with Gasteiger partial charge in [-0.2, -0.15) is 0 Å². The molecule has 2 aliphatic heterocycles. The smallest absolute Gasteiger partial charge is 0.0220 e. The van der Waals surface area contributed by atoms with E-state index in [1.54, 1.807) is 11.1 Å². The maximum Gasteiger partial charge on any atom is 0.0220 e. The van der Waals surface area contributed by atoms with Crippen molar-refractivity contribution in [1.29, 1.82) is 0 Å². The minimum atomic E-state index is 0.537. The Hall–Kier alpha value is -1.60. The quantitative estimate of drug-likeness (QED) is 0.755. The molecule has 0 amide bonds. The molecule has 1 saturated heterocycles. The summed E-state index contributed by atoms with van der Waals surface area (Å²) in [6.07, 6.45) is 3.98. The molecule has 2 aromatic rings.